The fourth-order valence-electron chi connectivity index (χ4n) is 1.25. The van der Waals surface area contributed by atoms with Gasteiger partial charge in [0, 0.05) is 6.07 Å². The molecule has 0 spiro atoms. The van der Waals surface area contributed by atoms with Crippen molar-refractivity contribution in [3.8, 4) is 0 Å². The Balaban J connectivity index is 3.02. The molecule has 0 saturated heterocycles. The monoisotopic (exact) mass is 237 g/mol. The first kappa shape index (κ1) is 12.6. The normalized spacial score (nSPS) is 9.71. The van der Waals surface area contributed by atoms with Crippen LogP contribution in [-0.4, -0.2) is 23.3 Å². The lowest BCUT2D eigenvalue weighted by atomic mass is 10.1. The zero-order chi connectivity index (χ0) is 13.0. The van der Waals surface area contributed by atoms with Crippen molar-refractivity contribution in [2.24, 2.45) is 5.73 Å². The zero-order valence-electron chi connectivity index (χ0n) is 9.10. The Morgan fingerprint density at radius 1 is 1.47 bits per heavy atom. The standard InChI is InChI=1S/C10H11N3O4/c1-6-2-3-8(13(16)17)7(4-6)10(15)12-5-9(11)14/h2-4H,5H2,1H3,(H2,11,14)(H,12,15). The predicted molar refractivity (Wildman–Crippen MR) is 59.4 cm³/mol. The molecule has 17 heavy (non-hydrogen) atoms. The summed E-state index contributed by atoms with van der Waals surface area (Å²) in [7, 11) is 0. The van der Waals surface area contributed by atoms with Crippen LogP contribution in [0.2, 0.25) is 0 Å². The number of nitrogens with one attached hydrogen (secondary N) is 1. The predicted octanol–water partition coefficient (Wildman–Crippen LogP) is 0.118. The van der Waals surface area contributed by atoms with E-state index in [-0.39, 0.29) is 17.8 Å². The number of rotatable bonds is 4. The second kappa shape index (κ2) is 5.06. The molecule has 0 bridgehead atoms. The van der Waals surface area contributed by atoms with Crippen LogP contribution in [0.3, 0.4) is 0 Å². The van der Waals surface area contributed by atoms with Crippen molar-refractivity contribution < 1.29 is 14.5 Å². The number of nitrogens with zero attached hydrogens (tertiary/aromatic N) is 1. The number of hydrogen-bond acceptors (Lipinski definition) is 4. The van der Waals surface area contributed by atoms with Crippen LogP contribution >= 0.6 is 0 Å². The van der Waals surface area contributed by atoms with Crippen LogP contribution in [0.4, 0.5) is 5.69 Å². The molecule has 3 N–H and O–H groups in total. The third-order valence-corrected chi connectivity index (χ3v) is 2.02. The third-order valence-electron chi connectivity index (χ3n) is 2.02. The highest BCUT2D eigenvalue weighted by Gasteiger charge is 2.19. The van der Waals surface area contributed by atoms with E-state index in [2.05, 4.69) is 5.32 Å². The van der Waals surface area contributed by atoms with E-state index in [1.165, 1.54) is 18.2 Å². The lowest BCUT2D eigenvalue weighted by Crippen LogP contribution is -2.33. The molecule has 0 heterocycles. The molecule has 0 radical (unpaired) electrons. The molecule has 7 heteroatoms. The van der Waals surface area contributed by atoms with Gasteiger partial charge in [0.05, 0.1) is 11.5 Å². The largest absolute Gasteiger partial charge is 0.368 e. The van der Waals surface area contributed by atoms with Crippen LogP contribution in [0.1, 0.15) is 15.9 Å². The number of primary amides is 1. The van der Waals surface area contributed by atoms with E-state index >= 15 is 0 Å². The van der Waals surface area contributed by atoms with E-state index in [0.717, 1.165) is 0 Å². The fourth-order valence-corrected chi connectivity index (χ4v) is 1.25. The fraction of sp³-hybridized carbons (Fsp3) is 0.200. The summed E-state index contributed by atoms with van der Waals surface area (Å²) in [5.41, 5.74) is 5.17. The third kappa shape index (κ3) is 3.26. The highest BCUT2D eigenvalue weighted by molar-refractivity contribution is 5.99. The number of carbonyl (C=O) groups is 2. The summed E-state index contributed by atoms with van der Waals surface area (Å²) in [5.74, 6) is -1.41. The number of amides is 2. The van der Waals surface area contributed by atoms with E-state index in [1.54, 1.807) is 6.92 Å². The number of hydrogen-bond donors (Lipinski definition) is 2. The van der Waals surface area contributed by atoms with Gasteiger partial charge in [-0.2, -0.15) is 0 Å². The number of nitrogens with two attached hydrogens (primary N) is 1. The van der Waals surface area contributed by atoms with Gasteiger partial charge in [0.1, 0.15) is 5.56 Å². The highest BCUT2D eigenvalue weighted by Crippen LogP contribution is 2.19. The molecule has 1 rings (SSSR count). The molecule has 2 amide bonds. The molecule has 0 aliphatic carbocycles. The Morgan fingerprint density at radius 2 is 2.12 bits per heavy atom. The summed E-state index contributed by atoms with van der Waals surface area (Å²) < 4.78 is 0. The number of aryl methyl sites for hydroxylation is 1. The molecular formula is C10H11N3O4. The van der Waals surface area contributed by atoms with Crippen LogP contribution < -0.4 is 11.1 Å². The lowest BCUT2D eigenvalue weighted by Gasteiger charge is -2.04. The van der Waals surface area contributed by atoms with Gasteiger partial charge in [-0.05, 0) is 18.6 Å². The van der Waals surface area contributed by atoms with Crippen LogP contribution in [0.25, 0.3) is 0 Å². The average Bonchev–Trinajstić information content (AvgIpc) is 2.25. The van der Waals surface area contributed by atoms with Crippen molar-refractivity contribution in [1.82, 2.24) is 5.32 Å². The maximum atomic E-state index is 11.6. The number of nitro benzene ring substituents is 1. The molecule has 1 aromatic carbocycles. The maximum absolute atomic E-state index is 11.6. The van der Waals surface area contributed by atoms with Gasteiger partial charge in [-0.3, -0.25) is 19.7 Å². The molecular weight excluding hydrogens is 226 g/mol. The molecule has 90 valence electrons. The smallest absolute Gasteiger partial charge is 0.282 e. The molecule has 0 atom stereocenters. The van der Waals surface area contributed by atoms with Gasteiger partial charge >= 0.3 is 0 Å². The summed E-state index contributed by atoms with van der Waals surface area (Å²) in [6.45, 7) is 1.35. The van der Waals surface area contributed by atoms with E-state index in [0.29, 0.717) is 5.56 Å². The van der Waals surface area contributed by atoms with Gasteiger partial charge in [-0.1, -0.05) is 6.07 Å². The first-order valence-electron chi connectivity index (χ1n) is 4.73. The van der Waals surface area contributed by atoms with Crippen LogP contribution in [-0.2, 0) is 4.79 Å². The van der Waals surface area contributed by atoms with Gasteiger partial charge in [-0.25, -0.2) is 0 Å². The van der Waals surface area contributed by atoms with Crippen LogP contribution in [0.15, 0.2) is 18.2 Å². The molecule has 7 nitrogen and oxygen atoms in total. The molecule has 0 unspecified atom stereocenters. The summed E-state index contributed by atoms with van der Waals surface area (Å²) in [6, 6.07) is 4.16. The molecule has 0 aliphatic rings. The van der Waals surface area contributed by atoms with Gasteiger partial charge < -0.3 is 11.1 Å². The molecule has 1 aromatic rings. The van der Waals surface area contributed by atoms with Crippen molar-refractivity contribution in [3.63, 3.8) is 0 Å². The van der Waals surface area contributed by atoms with Gasteiger partial charge in [0.2, 0.25) is 5.91 Å². The number of nitro groups is 1. The molecule has 0 saturated carbocycles. The molecule has 0 fully saturated rings. The number of benzene rings is 1. The summed E-state index contributed by atoms with van der Waals surface area (Å²) in [4.78, 5) is 32.2. The highest BCUT2D eigenvalue weighted by atomic mass is 16.6. The van der Waals surface area contributed by atoms with Gasteiger partial charge in [0.15, 0.2) is 0 Å². The van der Waals surface area contributed by atoms with Gasteiger partial charge in [-0.15, -0.1) is 0 Å². The molecule has 0 aliphatic heterocycles. The summed E-state index contributed by atoms with van der Waals surface area (Å²) in [5, 5.41) is 12.9. The first-order valence-corrected chi connectivity index (χ1v) is 4.73. The topological polar surface area (TPSA) is 115 Å². The SMILES string of the molecule is Cc1ccc([N+](=O)[O-])c(C(=O)NCC(N)=O)c1. The van der Waals surface area contributed by atoms with Crippen molar-refractivity contribution in [2.45, 2.75) is 6.92 Å². The summed E-state index contributed by atoms with van der Waals surface area (Å²) >= 11 is 0. The van der Waals surface area contributed by atoms with Crippen molar-refractivity contribution in [2.75, 3.05) is 6.54 Å². The Morgan fingerprint density at radius 3 is 2.65 bits per heavy atom. The van der Waals surface area contributed by atoms with Crippen LogP contribution in [0, 0.1) is 17.0 Å². The molecule has 0 aromatic heterocycles. The lowest BCUT2D eigenvalue weighted by molar-refractivity contribution is -0.385. The Bertz CT molecular complexity index is 484. The average molecular weight is 237 g/mol. The zero-order valence-corrected chi connectivity index (χ0v) is 9.10. The Kier molecular flexibility index (Phi) is 3.76. The van der Waals surface area contributed by atoms with Gasteiger partial charge in [0.25, 0.3) is 11.6 Å². The first-order chi connectivity index (χ1) is 7.91. The van der Waals surface area contributed by atoms with E-state index < -0.39 is 16.7 Å². The Labute approximate surface area is 96.8 Å². The van der Waals surface area contributed by atoms with Crippen molar-refractivity contribution in [3.05, 3.63) is 39.4 Å². The quantitative estimate of drug-likeness (QED) is 0.571. The minimum atomic E-state index is -0.714. The van der Waals surface area contributed by atoms with E-state index in [9.17, 15) is 19.7 Å². The summed E-state index contributed by atoms with van der Waals surface area (Å²) in [6.07, 6.45) is 0. The van der Waals surface area contributed by atoms with Crippen molar-refractivity contribution in [1.29, 1.82) is 0 Å². The second-order valence-electron chi connectivity index (χ2n) is 3.43. The minimum absolute atomic E-state index is 0.0868. The number of carbonyl (C=O) groups excluding carboxylic acids is 2. The second-order valence-corrected chi connectivity index (χ2v) is 3.43. The Hall–Kier alpha value is -2.44. The van der Waals surface area contributed by atoms with Crippen LogP contribution in [0.5, 0.6) is 0 Å². The minimum Gasteiger partial charge on any atom is -0.368 e. The van der Waals surface area contributed by atoms with E-state index in [1.807, 2.05) is 0 Å². The van der Waals surface area contributed by atoms with E-state index in [4.69, 9.17) is 5.73 Å². The maximum Gasteiger partial charge on any atom is 0.282 e. The van der Waals surface area contributed by atoms with Crippen molar-refractivity contribution >= 4 is 17.5 Å².